The van der Waals surface area contributed by atoms with Crippen LogP contribution in [0.2, 0.25) is 0 Å². The minimum atomic E-state index is -2.93. The molecule has 0 unspecified atom stereocenters. The number of hydrogen-bond donors (Lipinski definition) is 1. The van der Waals surface area contributed by atoms with Crippen molar-refractivity contribution in [1.82, 2.24) is 5.32 Å². The van der Waals surface area contributed by atoms with Gasteiger partial charge in [-0.2, -0.15) is 8.78 Å². The van der Waals surface area contributed by atoms with E-state index in [9.17, 15) is 13.6 Å². The average Bonchev–Trinajstić information content (AvgIpc) is 2.60. The first-order valence-corrected chi connectivity index (χ1v) is 5.14. The van der Waals surface area contributed by atoms with Gasteiger partial charge in [-0.15, -0.1) is 11.3 Å². The van der Waals surface area contributed by atoms with Crippen LogP contribution in [-0.4, -0.2) is 12.3 Å². The number of hydrogen-bond acceptors (Lipinski definition) is 2. The average molecular weight is 219 g/mol. The molecular weight excluding hydrogens is 208 g/mol. The van der Waals surface area contributed by atoms with Crippen LogP contribution in [-0.2, 0) is 17.8 Å². The molecule has 1 aromatic heterocycles. The number of carbonyl (C=O) groups excluding carboxylic acids is 1. The summed E-state index contributed by atoms with van der Waals surface area (Å²) in [5, 5.41) is 4.07. The van der Waals surface area contributed by atoms with E-state index in [-0.39, 0.29) is 6.54 Å². The summed E-state index contributed by atoms with van der Waals surface area (Å²) in [4.78, 5) is 11.5. The Morgan fingerprint density at radius 2 is 2.36 bits per heavy atom. The number of nitrogens with one attached hydrogen (secondary N) is 1. The first-order chi connectivity index (χ1) is 6.65. The summed E-state index contributed by atoms with van der Waals surface area (Å²) in [7, 11) is 0. The van der Waals surface area contributed by atoms with Gasteiger partial charge >= 0.3 is 6.43 Å². The molecule has 1 heterocycles. The third kappa shape index (κ3) is 2.77. The van der Waals surface area contributed by atoms with Crippen LogP contribution in [0.3, 0.4) is 0 Å². The van der Waals surface area contributed by atoms with Crippen molar-refractivity contribution in [3.05, 3.63) is 21.9 Å². The molecule has 0 radical (unpaired) electrons. The monoisotopic (exact) mass is 219 g/mol. The molecular formula is C9H11F2NOS. The van der Waals surface area contributed by atoms with Gasteiger partial charge in [0, 0.05) is 4.88 Å². The highest BCUT2D eigenvalue weighted by molar-refractivity contribution is 7.10. The van der Waals surface area contributed by atoms with Gasteiger partial charge in [-0.1, -0.05) is 6.92 Å². The van der Waals surface area contributed by atoms with E-state index in [1.54, 1.807) is 0 Å². The van der Waals surface area contributed by atoms with E-state index in [1.165, 1.54) is 11.3 Å². The van der Waals surface area contributed by atoms with Crippen LogP contribution in [0.4, 0.5) is 8.78 Å². The van der Waals surface area contributed by atoms with Crippen molar-refractivity contribution in [2.75, 3.05) is 0 Å². The zero-order valence-corrected chi connectivity index (χ0v) is 8.54. The molecule has 1 rings (SSSR count). The zero-order valence-electron chi connectivity index (χ0n) is 7.72. The Hall–Kier alpha value is -0.970. The molecule has 5 heteroatoms. The zero-order chi connectivity index (χ0) is 10.6. The lowest BCUT2D eigenvalue weighted by atomic mass is 10.2. The number of aryl methyl sites for hydroxylation is 1. The number of rotatable bonds is 4. The van der Waals surface area contributed by atoms with Crippen molar-refractivity contribution in [3.8, 4) is 0 Å². The molecule has 14 heavy (non-hydrogen) atoms. The molecule has 1 amide bonds. The van der Waals surface area contributed by atoms with Crippen LogP contribution in [0, 0.1) is 0 Å². The highest BCUT2D eigenvalue weighted by Crippen LogP contribution is 2.16. The Balaban J connectivity index is 2.49. The van der Waals surface area contributed by atoms with Gasteiger partial charge in [0.25, 0.3) is 5.91 Å². The molecule has 0 saturated carbocycles. The quantitative estimate of drug-likeness (QED) is 0.826. The number of carbonyl (C=O) groups is 1. The van der Waals surface area contributed by atoms with Crippen LogP contribution in [0.15, 0.2) is 11.4 Å². The van der Waals surface area contributed by atoms with Crippen molar-refractivity contribution in [2.24, 2.45) is 0 Å². The smallest absolute Gasteiger partial charge is 0.315 e. The highest BCUT2D eigenvalue weighted by atomic mass is 32.1. The molecule has 0 spiro atoms. The predicted octanol–water partition coefficient (Wildman–Crippen LogP) is 2.19. The summed E-state index contributed by atoms with van der Waals surface area (Å²) in [5.74, 6) is -1.21. The topological polar surface area (TPSA) is 29.1 Å². The SMILES string of the molecule is CCc1ccsc1CNC(=O)C(F)F. The highest BCUT2D eigenvalue weighted by Gasteiger charge is 2.14. The number of alkyl halides is 2. The summed E-state index contributed by atoms with van der Waals surface area (Å²) in [6, 6.07) is 1.94. The van der Waals surface area contributed by atoms with Crippen LogP contribution in [0.1, 0.15) is 17.4 Å². The number of halogens is 2. The standard InChI is InChI=1S/C9H11F2NOS/c1-2-6-3-4-14-7(6)5-12-9(13)8(10)11/h3-4,8H,2,5H2,1H3,(H,12,13). The Morgan fingerprint density at radius 3 is 2.93 bits per heavy atom. The van der Waals surface area contributed by atoms with E-state index in [0.29, 0.717) is 0 Å². The molecule has 2 nitrogen and oxygen atoms in total. The fourth-order valence-electron chi connectivity index (χ4n) is 1.08. The molecule has 0 aromatic carbocycles. The van der Waals surface area contributed by atoms with Crippen LogP contribution < -0.4 is 5.32 Å². The molecule has 0 fully saturated rings. The van der Waals surface area contributed by atoms with E-state index in [2.05, 4.69) is 5.32 Å². The molecule has 0 aliphatic carbocycles. The summed E-state index contributed by atoms with van der Waals surface area (Å²) in [5.41, 5.74) is 1.10. The van der Waals surface area contributed by atoms with E-state index < -0.39 is 12.3 Å². The molecule has 1 aromatic rings. The molecule has 0 aliphatic heterocycles. The normalized spacial score (nSPS) is 10.6. The van der Waals surface area contributed by atoms with Crippen molar-refractivity contribution >= 4 is 17.2 Å². The largest absolute Gasteiger partial charge is 0.346 e. The van der Waals surface area contributed by atoms with Crippen LogP contribution >= 0.6 is 11.3 Å². The molecule has 0 bridgehead atoms. The number of thiophene rings is 1. The van der Waals surface area contributed by atoms with Crippen LogP contribution in [0.5, 0.6) is 0 Å². The Bertz CT molecular complexity index is 312. The van der Waals surface area contributed by atoms with Gasteiger partial charge < -0.3 is 5.32 Å². The lowest BCUT2D eigenvalue weighted by Gasteiger charge is -2.03. The van der Waals surface area contributed by atoms with Gasteiger partial charge in [-0.25, -0.2) is 0 Å². The summed E-state index contributed by atoms with van der Waals surface area (Å²) in [6.45, 7) is 2.19. The second kappa shape index (κ2) is 5.05. The lowest BCUT2D eigenvalue weighted by Crippen LogP contribution is -2.28. The molecule has 1 N–H and O–H groups in total. The maximum atomic E-state index is 11.8. The Kier molecular flexibility index (Phi) is 4.00. The molecule has 0 aliphatic rings. The molecule has 78 valence electrons. The summed E-state index contributed by atoms with van der Waals surface area (Å²) >= 11 is 1.47. The Labute approximate surface area is 84.9 Å². The second-order valence-electron chi connectivity index (χ2n) is 2.74. The van der Waals surface area contributed by atoms with Gasteiger partial charge in [-0.3, -0.25) is 4.79 Å². The third-order valence-corrected chi connectivity index (χ3v) is 2.80. The third-order valence-electron chi connectivity index (χ3n) is 1.84. The van der Waals surface area contributed by atoms with Crippen LogP contribution in [0.25, 0.3) is 0 Å². The van der Waals surface area contributed by atoms with Crippen molar-refractivity contribution < 1.29 is 13.6 Å². The van der Waals surface area contributed by atoms with Gasteiger partial charge in [-0.05, 0) is 23.4 Å². The fourth-order valence-corrected chi connectivity index (χ4v) is 2.00. The van der Waals surface area contributed by atoms with Crippen molar-refractivity contribution in [3.63, 3.8) is 0 Å². The number of amides is 1. The molecule has 0 atom stereocenters. The summed E-state index contributed by atoms with van der Waals surface area (Å²) < 4.78 is 23.7. The Morgan fingerprint density at radius 1 is 1.64 bits per heavy atom. The summed E-state index contributed by atoms with van der Waals surface area (Å²) in [6.07, 6.45) is -2.08. The maximum Gasteiger partial charge on any atom is 0.315 e. The minimum Gasteiger partial charge on any atom is -0.346 e. The van der Waals surface area contributed by atoms with E-state index in [1.807, 2.05) is 18.4 Å². The first kappa shape index (κ1) is 11.1. The van der Waals surface area contributed by atoms with Gasteiger partial charge in [0.1, 0.15) is 0 Å². The second-order valence-corrected chi connectivity index (χ2v) is 3.74. The van der Waals surface area contributed by atoms with E-state index in [4.69, 9.17) is 0 Å². The first-order valence-electron chi connectivity index (χ1n) is 4.26. The van der Waals surface area contributed by atoms with Crippen molar-refractivity contribution in [2.45, 2.75) is 26.3 Å². The van der Waals surface area contributed by atoms with E-state index >= 15 is 0 Å². The lowest BCUT2D eigenvalue weighted by molar-refractivity contribution is -0.131. The molecule has 0 saturated heterocycles. The van der Waals surface area contributed by atoms with Gasteiger partial charge in [0.2, 0.25) is 0 Å². The van der Waals surface area contributed by atoms with E-state index in [0.717, 1.165) is 16.9 Å². The van der Waals surface area contributed by atoms with Gasteiger partial charge in [0.05, 0.1) is 6.54 Å². The van der Waals surface area contributed by atoms with Crippen molar-refractivity contribution in [1.29, 1.82) is 0 Å². The predicted molar refractivity (Wildman–Crippen MR) is 51.5 cm³/mol. The van der Waals surface area contributed by atoms with Gasteiger partial charge in [0.15, 0.2) is 0 Å². The minimum absolute atomic E-state index is 0.198. The fraction of sp³-hybridized carbons (Fsp3) is 0.444. The maximum absolute atomic E-state index is 11.8.